The van der Waals surface area contributed by atoms with Gasteiger partial charge >= 0.3 is 13.8 Å². The van der Waals surface area contributed by atoms with Gasteiger partial charge in [-0.1, -0.05) is 253 Å². The van der Waals surface area contributed by atoms with Gasteiger partial charge in [0.2, 0.25) is 5.91 Å². The summed E-state index contributed by atoms with van der Waals surface area (Å²) < 4.78 is 30.6. The molecule has 0 aromatic rings. The van der Waals surface area contributed by atoms with Crippen molar-refractivity contribution in [2.75, 3.05) is 40.9 Å². The molecule has 3 atom stereocenters. The summed E-state index contributed by atoms with van der Waals surface area (Å²) in [5.74, 6) is -0.592. The van der Waals surface area contributed by atoms with Crippen molar-refractivity contribution in [1.82, 2.24) is 5.32 Å². The molecule has 2 N–H and O–H groups in total. The standard InChI is InChI=1S/C67H119N2O7P/c1-7-10-13-16-19-22-25-28-29-30-31-32-33-34-35-36-37-38-39-42-45-48-51-54-57-60-67(71)76-65(58-55-52-49-46-43-40-26-23-20-17-14-11-8-2)64(63-75-77(72,73)74-62-61-69(4,5)6)68-66(70)59-56-53-50-47-44-41-27-24-21-18-15-12-9-3/h10,13,19,22,28-29,31-32,34-35,41,44,50,53,55,58,64-65H,7-9,11-12,14-18,20-21,23-27,30,33,36-40,42-43,45-49,51-52,54,56-57,59-63H2,1-6H3,(H-,68,70,72,73)/p+1/b13-10-,22-19-,29-28-,32-31-,35-34-,44-41-,53-50+,58-55-. The van der Waals surface area contributed by atoms with Crippen molar-refractivity contribution in [3.8, 4) is 0 Å². The number of hydrogen-bond donors (Lipinski definition) is 2. The molecule has 0 rings (SSSR count). The average molecular weight is 1100 g/mol. The molecule has 0 bridgehead atoms. The fourth-order valence-corrected chi connectivity index (χ4v) is 9.40. The molecule has 1 amide bonds. The van der Waals surface area contributed by atoms with Crippen LogP contribution in [0.4, 0.5) is 0 Å². The van der Waals surface area contributed by atoms with Crippen LogP contribution in [0.3, 0.4) is 0 Å². The van der Waals surface area contributed by atoms with Gasteiger partial charge < -0.3 is 19.4 Å². The van der Waals surface area contributed by atoms with Gasteiger partial charge in [-0.05, 0) is 96.0 Å². The fraction of sp³-hybridized carbons (Fsp3) is 0.731. The summed E-state index contributed by atoms with van der Waals surface area (Å²) in [6.45, 7) is 6.84. The second-order valence-electron chi connectivity index (χ2n) is 22.2. The summed E-state index contributed by atoms with van der Waals surface area (Å²) in [6.07, 6.45) is 75.7. The molecule has 77 heavy (non-hydrogen) atoms. The van der Waals surface area contributed by atoms with Gasteiger partial charge in [-0.15, -0.1) is 0 Å². The first-order valence-electron chi connectivity index (χ1n) is 31.6. The van der Waals surface area contributed by atoms with Crippen molar-refractivity contribution in [2.24, 2.45) is 0 Å². The van der Waals surface area contributed by atoms with E-state index in [-0.39, 0.29) is 37.9 Å². The predicted molar refractivity (Wildman–Crippen MR) is 332 cm³/mol. The number of rotatable bonds is 56. The molecule has 3 unspecified atom stereocenters. The van der Waals surface area contributed by atoms with Crippen molar-refractivity contribution < 1.29 is 37.3 Å². The van der Waals surface area contributed by atoms with E-state index in [1.165, 1.54) is 128 Å². The first kappa shape index (κ1) is 73.9. The summed E-state index contributed by atoms with van der Waals surface area (Å²) in [7, 11) is 1.45. The quantitative estimate of drug-likeness (QED) is 0.0205. The third-order valence-electron chi connectivity index (χ3n) is 13.5. The van der Waals surface area contributed by atoms with Crippen LogP contribution in [0.15, 0.2) is 97.2 Å². The SMILES string of the molecule is CC/C=C\C/C=C\C/C=C\C/C=C\C/C=C\CCCCCCCCCCCC(=O)OC(/C=C\CCCCCCCCCCCCC)C(COP(=O)(O)OCC[N+](C)(C)C)NC(=O)CC/C=C/C/C=C\CCCCCCCC. The highest BCUT2D eigenvalue weighted by atomic mass is 31.2. The first-order valence-corrected chi connectivity index (χ1v) is 33.1. The maximum absolute atomic E-state index is 13.5. The number of phosphoric ester groups is 1. The lowest BCUT2D eigenvalue weighted by Crippen LogP contribution is -2.47. The van der Waals surface area contributed by atoms with Crippen LogP contribution in [-0.2, 0) is 27.9 Å². The molecule has 0 saturated heterocycles. The smallest absolute Gasteiger partial charge is 0.456 e. The maximum atomic E-state index is 13.5. The van der Waals surface area contributed by atoms with Crippen LogP contribution >= 0.6 is 7.82 Å². The van der Waals surface area contributed by atoms with Crippen molar-refractivity contribution >= 4 is 19.7 Å². The number of carbonyl (C=O) groups is 2. The monoisotopic (exact) mass is 1100 g/mol. The Hall–Kier alpha value is -3.07. The topological polar surface area (TPSA) is 111 Å². The Balaban J connectivity index is 5.23. The molecule has 0 heterocycles. The van der Waals surface area contributed by atoms with Gasteiger partial charge in [0, 0.05) is 12.8 Å². The van der Waals surface area contributed by atoms with E-state index in [1.54, 1.807) is 0 Å². The zero-order chi connectivity index (χ0) is 56.4. The van der Waals surface area contributed by atoms with Gasteiger partial charge in [-0.25, -0.2) is 4.57 Å². The molecule has 0 aliphatic rings. The van der Waals surface area contributed by atoms with Gasteiger partial charge in [-0.2, -0.15) is 0 Å². The van der Waals surface area contributed by atoms with Crippen LogP contribution < -0.4 is 5.32 Å². The van der Waals surface area contributed by atoms with Crippen LogP contribution in [-0.4, -0.2) is 74.3 Å². The van der Waals surface area contributed by atoms with Crippen molar-refractivity contribution in [3.63, 3.8) is 0 Å². The van der Waals surface area contributed by atoms with E-state index in [1.807, 2.05) is 39.4 Å². The van der Waals surface area contributed by atoms with E-state index < -0.39 is 20.0 Å². The molecular weight excluding hydrogens is 976 g/mol. The Bertz CT molecular complexity index is 1640. The predicted octanol–water partition coefficient (Wildman–Crippen LogP) is 19.6. The van der Waals surface area contributed by atoms with Gasteiger partial charge in [0.25, 0.3) is 0 Å². The van der Waals surface area contributed by atoms with Crippen molar-refractivity contribution in [1.29, 1.82) is 0 Å². The normalized spacial score (nSPS) is 14.3. The van der Waals surface area contributed by atoms with E-state index in [9.17, 15) is 19.0 Å². The average Bonchev–Trinajstić information content (AvgIpc) is 3.39. The van der Waals surface area contributed by atoms with E-state index in [0.29, 0.717) is 17.4 Å². The van der Waals surface area contributed by atoms with Crippen LogP contribution in [0, 0.1) is 0 Å². The number of likely N-dealkylation sites (N-methyl/N-ethyl adjacent to an activating group) is 1. The Morgan fingerprint density at radius 2 is 0.844 bits per heavy atom. The van der Waals surface area contributed by atoms with Crippen LogP contribution in [0.2, 0.25) is 0 Å². The molecule has 9 nitrogen and oxygen atoms in total. The third-order valence-corrected chi connectivity index (χ3v) is 14.5. The maximum Gasteiger partial charge on any atom is 0.472 e. The molecule has 0 aliphatic heterocycles. The number of carbonyl (C=O) groups excluding carboxylic acids is 2. The van der Waals surface area contributed by atoms with Gasteiger partial charge in [0.15, 0.2) is 0 Å². The van der Waals surface area contributed by atoms with E-state index >= 15 is 0 Å². The number of unbranched alkanes of at least 4 members (excludes halogenated alkanes) is 26. The van der Waals surface area contributed by atoms with Crippen molar-refractivity contribution in [2.45, 2.75) is 277 Å². The summed E-state index contributed by atoms with van der Waals surface area (Å²) in [6, 6.07) is -0.886. The van der Waals surface area contributed by atoms with Crippen LogP contribution in [0.25, 0.3) is 0 Å². The number of ether oxygens (including phenoxy) is 1. The molecule has 0 radical (unpaired) electrons. The number of amides is 1. The number of quaternary nitrogens is 1. The fourth-order valence-electron chi connectivity index (χ4n) is 8.66. The largest absolute Gasteiger partial charge is 0.472 e. The first-order chi connectivity index (χ1) is 37.4. The highest BCUT2D eigenvalue weighted by Gasteiger charge is 2.30. The van der Waals surface area contributed by atoms with Crippen LogP contribution in [0.1, 0.15) is 265 Å². The highest BCUT2D eigenvalue weighted by Crippen LogP contribution is 2.43. The number of hydrogen-bond acceptors (Lipinski definition) is 6. The molecule has 0 aromatic heterocycles. The van der Waals surface area contributed by atoms with Crippen LogP contribution in [0.5, 0.6) is 0 Å². The minimum Gasteiger partial charge on any atom is -0.456 e. The summed E-state index contributed by atoms with van der Waals surface area (Å²) in [5, 5.41) is 3.01. The Kier molecular flexibility index (Phi) is 54.0. The zero-order valence-electron chi connectivity index (χ0n) is 50.7. The second-order valence-corrected chi connectivity index (χ2v) is 23.6. The molecule has 0 fully saturated rings. The third kappa shape index (κ3) is 57.4. The number of phosphoric acid groups is 1. The number of nitrogens with zero attached hydrogens (tertiary/aromatic N) is 1. The number of nitrogens with one attached hydrogen (secondary N) is 1. The van der Waals surface area contributed by atoms with Gasteiger partial charge in [0.1, 0.15) is 19.3 Å². The highest BCUT2D eigenvalue weighted by molar-refractivity contribution is 7.47. The molecule has 0 spiro atoms. The lowest BCUT2D eigenvalue weighted by atomic mass is 10.0. The van der Waals surface area contributed by atoms with Gasteiger partial charge in [0.05, 0.1) is 33.8 Å². The van der Waals surface area contributed by atoms with E-state index in [4.69, 9.17) is 13.8 Å². The second kappa shape index (κ2) is 56.2. The zero-order valence-corrected chi connectivity index (χ0v) is 51.6. The number of esters is 1. The molecule has 0 aromatic carbocycles. The lowest BCUT2D eigenvalue weighted by molar-refractivity contribution is -0.870. The van der Waals surface area contributed by atoms with Crippen molar-refractivity contribution in [3.05, 3.63) is 97.2 Å². The summed E-state index contributed by atoms with van der Waals surface area (Å²) in [5.41, 5.74) is 0. The molecule has 444 valence electrons. The minimum absolute atomic E-state index is 0.0264. The molecule has 10 heteroatoms. The molecule has 0 aliphatic carbocycles. The summed E-state index contributed by atoms with van der Waals surface area (Å²) >= 11 is 0. The van der Waals surface area contributed by atoms with E-state index in [0.717, 1.165) is 96.3 Å². The molecule has 0 saturated carbocycles. The Morgan fingerprint density at radius 3 is 1.27 bits per heavy atom. The Morgan fingerprint density at radius 1 is 0.468 bits per heavy atom. The summed E-state index contributed by atoms with van der Waals surface area (Å²) in [4.78, 5) is 37.7. The van der Waals surface area contributed by atoms with E-state index in [2.05, 4.69) is 105 Å². The molecular formula is C67H120N2O7P+. The Labute approximate surface area is 475 Å². The minimum atomic E-state index is -4.47. The lowest BCUT2D eigenvalue weighted by Gasteiger charge is -2.27. The number of allylic oxidation sites excluding steroid dienone is 15. The van der Waals surface area contributed by atoms with Gasteiger partial charge in [-0.3, -0.25) is 18.6 Å².